The van der Waals surface area contributed by atoms with Crippen LogP contribution >= 0.6 is 11.8 Å². The number of carbonyl (C=O) groups is 1. The number of nitrogens with one attached hydrogen (secondary N) is 1. The van der Waals surface area contributed by atoms with Gasteiger partial charge in [0.25, 0.3) is 5.91 Å². The number of rotatable bonds is 9. The van der Waals surface area contributed by atoms with Gasteiger partial charge in [-0.2, -0.15) is 5.10 Å². The summed E-state index contributed by atoms with van der Waals surface area (Å²) in [4.78, 5) is 12.4. The number of amides is 1. The van der Waals surface area contributed by atoms with E-state index in [0.717, 1.165) is 33.9 Å². The fraction of sp³-hybridized carbons (Fsp3) is 0.154. The number of aromatic nitrogens is 3. The minimum Gasteiger partial charge on any atom is -0.497 e. The average Bonchev–Trinajstić information content (AvgIpc) is 3.31. The molecule has 8 nitrogen and oxygen atoms in total. The number of benzene rings is 3. The lowest BCUT2D eigenvalue weighted by atomic mass is 10.2. The van der Waals surface area contributed by atoms with Gasteiger partial charge in [-0.15, -0.1) is 10.2 Å². The number of hydrogen-bond acceptors (Lipinski definition) is 7. The molecule has 0 saturated heterocycles. The molecule has 0 radical (unpaired) electrons. The summed E-state index contributed by atoms with van der Waals surface area (Å²) >= 11 is 1.28. The molecule has 9 heteroatoms. The maximum Gasteiger partial charge on any atom is 0.250 e. The number of ether oxygens (including phenoxy) is 2. The highest BCUT2D eigenvalue weighted by Gasteiger charge is 2.17. The molecule has 0 atom stereocenters. The van der Waals surface area contributed by atoms with Gasteiger partial charge in [0.1, 0.15) is 11.5 Å². The van der Waals surface area contributed by atoms with Crippen molar-refractivity contribution >= 4 is 23.9 Å². The molecule has 0 spiro atoms. The van der Waals surface area contributed by atoms with Gasteiger partial charge >= 0.3 is 0 Å². The van der Waals surface area contributed by atoms with Crippen LogP contribution in [-0.2, 0) is 4.79 Å². The summed E-state index contributed by atoms with van der Waals surface area (Å²) in [6.45, 7) is 2.01. The summed E-state index contributed by atoms with van der Waals surface area (Å²) in [5, 5.41) is 13.4. The van der Waals surface area contributed by atoms with E-state index in [2.05, 4.69) is 20.7 Å². The van der Waals surface area contributed by atoms with Gasteiger partial charge in [-0.1, -0.05) is 41.6 Å². The molecule has 3 aromatic carbocycles. The Morgan fingerprint density at radius 3 is 2.34 bits per heavy atom. The summed E-state index contributed by atoms with van der Waals surface area (Å²) in [5.74, 6) is 2.03. The monoisotopic (exact) mass is 487 g/mol. The van der Waals surface area contributed by atoms with Crippen LogP contribution in [-0.4, -0.2) is 46.9 Å². The fourth-order valence-electron chi connectivity index (χ4n) is 3.35. The smallest absolute Gasteiger partial charge is 0.250 e. The highest BCUT2D eigenvalue weighted by molar-refractivity contribution is 7.99. The minimum absolute atomic E-state index is 0.127. The number of carbonyl (C=O) groups excluding carboxylic acids is 1. The van der Waals surface area contributed by atoms with Crippen LogP contribution in [0, 0.1) is 6.92 Å². The summed E-state index contributed by atoms with van der Waals surface area (Å²) in [6.07, 6.45) is 1.62. The second kappa shape index (κ2) is 11.3. The standard InChI is InChI=1S/C26H25N5O3S/c1-18-5-4-6-19(15-18)16-27-28-24(32)17-35-26-30-29-25(20-7-11-22(33-2)12-8-20)31(26)21-9-13-23(34-3)14-10-21/h4-16H,17H2,1-3H3,(H,28,32). The highest BCUT2D eigenvalue weighted by Crippen LogP contribution is 2.29. The molecule has 0 fully saturated rings. The van der Waals surface area contributed by atoms with E-state index in [0.29, 0.717) is 11.0 Å². The van der Waals surface area contributed by atoms with Crippen molar-refractivity contribution in [2.45, 2.75) is 12.1 Å². The molecule has 1 amide bonds. The number of nitrogens with zero attached hydrogens (tertiary/aromatic N) is 4. The van der Waals surface area contributed by atoms with Crippen molar-refractivity contribution < 1.29 is 14.3 Å². The van der Waals surface area contributed by atoms with Crippen LogP contribution in [0.2, 0.25) is 0 Å². The van der Waals surface area contributed by atoms with Crippen molar-refractivity contribution in [2.75, 3.05) is 20.0 Å². The van der Waals surface area contributed by atoms with Gasteiger partial charge in [-0.05, 0) is 61.0 Å². The molecule has 0 unspecified atom stereocenters. The van der Waals surface area contributed by atoms with Crippen molar-refractivity contribution in [3.8, 4) is 28.6 Å². The molecule has 35 heavy (non-hydrogen) atoms. The van der Waals surface area contributed by atoms with Crippen molar-refractivity contribution in [2.24, 2.45) is 5.10 Å². The lowest BCUT2D eigenvalue weighted by Crippen LogP contribution is -2.20. The Hall–Kier alpha value is -4.11. The summed E-state index contributed by atoms with van der Waals surface area (Å²) in [6, 6.07) is 23.0. The SMILES string of the molecule is COc1ccc(-c2nnc(SCC(=O)NN=Cc3cccc(C)c3)n2-c2ccc(OC)cc2)cc1. The Kier molecular flexibility index (Phi) is 7.79. The van der Waals surface area contributed by atoms with E-state index in [1.807, 2.05) is 84.3 Å². The van der Waals surface area contributed by atoms with Crippen LogP contribution in [0.25, 0.3) is 17.1 Å². The Balaban J connectivity index is 1.53. The van der Waals surface area contributed by atoms with Crippen molar-refractivity contribution in [1.29, 1.82) is 0 Å². The highest BCUT2D eigenvalue weighted by atomic mass is 32.2. The maximum atomic E-state index is 12.4. The zero-order valence-corrected chi connectivity index (χ0v) is 20.5. The topological polar surface area (TPSA) is 90.6 Å². The molecule has 1 aromatic heterocycles. The minimum atomic E-state index is -0.241. The number of hydrogen-bond donors (Lipinski definition) is 1. The second-order valence-electron chi connectivity index (χ2n) is 7.56. The molecule has 4 aromatic rings. The quantitative estimate of drug-likeness (QED) is 0.212. The maximum absolute atomic E-state index is 12.4. The van der Waals surface area contributed by atoms with Crippen LogP contribution in [0.4, 0.5) is 0 Å². The van der Waals surface area contributed by atoms with Gasteiger partial charge in [0.05, 0.1) is 26.2 Å². The third-order valence-electron chi connectivity index (χ3n) is 5.09. The number of thioether (sulfide) groups is 1. The van der Waals surface area contributed by atoms with E-state index in [1.165, 1.54) is 11.8 Å². The largest absolute Gasteiger partial charge is 0.497 e. The number of aryl methyl sites for hydroxylation is 1. The first kappa shape index (κ1) is 24.0. The van der Waals surface area contributed by atoms with Crippen molar-refractivity contribution in [3.05, 3.63) is 83.9 Å². The van der Waals surface area contributed by atoms with Gasteiger partial charge in [-0.3, -0.25) is 9.36 Å². The third kappa shape index (κ3) is 6.07. The van der Waals surface area contributed by atoms with Gasteiger partial charge in [0.15, 0.2) is 11.0 Å². The molecule has 4 rings (SSSR count). The zero-order valence-electron chi connectivity index (χ0n) is 19.6. The Morgan fingerprint density at radius 2 is 1.69 bits per heavy atom. The number of hydrazone groups is 1. The lowest BCUT2D eigenvalue weighted by Gasteiger charge is -2.11. The second-order valence-corrected chi connectivity index (χ2v) is 8.51. The lowest BCUT2D eigenvalue weighted by molar-refractivity contribution is -0.118. The van der Waals surface area contributed by atoms with Crippen LogP contribution < -0.4 is 14.9 Å². The normalized spacial score (nSPS) is 10.9. The molecular weight excluding hydrogens is 462 g/mol. The van der Waals surface area contributed by atoms with E-state index < -0.39 is 0 Å². The molecule has 1 heterocycles. The van der Waals surface area contributed by atoms with E-state index in [9.17, 15) is 4.79 Å². The Morgan fingerprint density at radius 1 is 1.00 bits per heavy atom. The summed E-state index contributed by atoms with van der Waals surface area (Å²) in [7, 11) is 3.25. The zero-order chi connectivity index (χ0) is 24.6. The Labute approximate surface area is 208 Å². The van der Waals surface area contributed by atoms with Crippen LogP contribution in [0.1, 0.15) is 11.1 Å². The molecule has 178 valence electrons. The first-order chi connectivity index (χ1) is 17.1. The predicted molar refractivity (Wildman–Crippen MR) is 138 cm³/mol. The van der Waals surface area contributed by atoms with E-state index >= 15 is 0 Å². The molecular formula is C26H25N5O3S. The first-order valence-electron chi connectivity index (χ1n) is 10.8. The molecule has 1 N–H and O–H groups in total. The van der Waals surface area contributed by atoms with E-state index in [-0.39, 0.29) is 11.7 Å². The van der Waals surface area contributed by atoms with Crippen LogP contribution in [0.5, 0.6) is 11.5 Å². The van der Waals surface area contributed by atoms with E-state index in [4.69, 9.17) is 9.47 Å². The van der Waals surface area contributed by atoms with Gasteiger partial charge in [0, 0.05) is 11.3 Å². The molecule has 0 aliphatic heterocycles. The molecule has 0 aliphatic rings. The number of methoxy groups -OCH3 is 2. The van der Waals surface area contributed by atoms with Crippen molar-refractivity contribution in [3.63, 3.8) is 0 Å². The summed E-state index contributed by atoms with van der Waals surface area (Å²) in [5.41, 5.74) is 6.33. The van der Waals surface area contributed by atoms with Crippen molar-refractivity contribution in [1.82, 2.24) is 20.2 Å². The predicted octanol–water partition coefficient (Wildman–Crippen LogP) is 4.50. The molecule has 0 bridgehead atoms. The fourth-order valence-corrected chi connectivity index (χ4v) is 4.09. The molecule has 0 aliphatic carbocycles. The van der Waals surface area contributed by atoms with Gasteiger partial charge < -0.3 is 9.47 Å². The van der Waals surface area contributed by atoms with Gasteiger partial charge in [0.2, 0.25) is 0 Å². The van der Waals surface area contributed by atoms with Gasteiger partial charge in [-0.25, -0.2) is 5.43 Å². The summed E-state index contributed by atoms with van der Waals surface area (Å²) < 4.78 is 12.5. The third-order valence-corrected chi connectivity index (χ3v) is 6.02. The molecule has 0 saturated carbocycles. The van der Waals surface area contributed by atoms with E-state index in [1.54, 1.807) is 20.4 Å². The first-order valence-corrected chi connectivity index (χ1v) is 11.8. The Bertz CT molecular complexity index is 1320. The average molecular weight is 488 g/mol. The van der Waals surface area contributed by atoms with Crippen LogP contribution in [0.15, 0.2) is 83.1 Å². The van der Waals surface area contributed by atoms with Crippen LogP contribution in [0.3, 0.4) is 0 Å².